The Labute approximate surface area is 113 Å². The summed E-state index contributed by atoms with van der Waals surface area (Å²) >= 11 is 0. The molecule has 2 fully saturated rings. The Morgan fingerprint density at radius 1 is 1.06 bits per heavy atom. The van der Waals surface area contributed by atoms with Crippen LogP contribution >= 0.6 is 0 Å². The minimum atomic E-state index is 0.656. The van der Waals surface area contributed by atoms with Crippen molar-refractivity contribution in [3.05, 3.63) is 0 Å². The lowest BCUT2D eigenvalue weighted by molar-refractivity contribution is 0.122. The van der Waals surface area contributed by atoms with Gasteiger partial charge in [0.1, 0.15) is 0 Å². The van der Waals surface area contributed by atoms with Crippen molar-refractivity contribution in [2.45, 2.75) is 77.3 Å². The third kappa shape index (κ3) is 3.48. The lowest BCUT2D eigenvalue weighted by atomic mass is 9.84. The maximum atomic E-state index is 6.09. The second kappa shape index (κ2) is 6.91. The van der Waals surface area contributed by atoms with E-state index in [9.17, 15) is 0 Å². The third-order valence-electron chi connectivity index (χ3n) is 5.18. The molecule has 0 bridgehead atoms. The summed E-state index contributed by atoms with van der Waals surface area (Å²) in [5, 5.41) is 0. The van der Waals surface area contributed by atoms with Crippen molar-refractivity contribution in [3.63, 3.8) is 0 Å². The first-order valence-corrected chi connectivity index (χ1v) is 8.18. The molecule has 106 valence electrons. The number of likely N-dealkylation sites (tertiary alicyclic amines) is 1. The predicted molar refractivity (Wildman–Crippen MR) is 78.6 cm³/mol. The van der Waals surface area contributed by atoms with Crippen LogP contribution in [0.1, 0.15) is 65.2 Å². The molecule has 2 unspecified atom stereocenters. The van der Waals surface area contributed by atoms with Crippen molar-refractivity contribution >= 4 is 0 Å². The molecule has 0 aromatic heterocycles. The van der Waals surface area contributed by atoms with E-state index in [4.69, 9.17) is 5.73 Å². The molecule has 1 heterocycles. The SMILES string of the molecule is CC(C)C1CCCN1C(CN)CC1CCCCC1. The fourth-order valence-corrected chi connectivity index (χ4v) is 4.16. The number of hydrogen-bond donors (Lipinski definition) is 1. The molecule has 2 heteroatoms. The zero-order valence-electron chi connectivity index (χ0n) is 12.4. The van der Waals surface area contributed by atoms with Gasteiger partial charge in [0.15, 0.2) is 0 Å². The highest BCUT2D eigenvalue weighted by molar-refractivity contribution is 4.88. The van der Waals surface area contributed by atoms with Crippen molar-refractivity contribution in [2.24, 2.45) is 17.6 Å². The minimum Gasteiger partial charge on any atom is -0.329 e. The van der Waals surface area contributed by atoms with Gasteiger partial charge in [0.2, 0.25) is 0 Å². The molecular weight excluding hydrogens is 220 g/mol. The Bertz CT molecular complexity index is 233. The van der Waals surface area contributed by atoms with Gasteiger partial charge in [-0.05, 0) is 37.6 Å². The highest BCUT2D eigenvalue weighted by Gasteiger charge is 2.33. The first-order chi connectivity index (χ1) is 8.72. The molecule has 1 saturated heterocycles. The molecule has 2 N–H and O–H groups in total. The maximum absolute atomic E-state index is 6.09. The number of hydrogen-bond acceptors (Lipinski definition) is 2. The number of rotatable bonds is 5. The van der Waals surface area contributed by atoms with Crippen molar-refractivity contribution in [2.75, 3.05) is 13.1 Å². The van der Waals surface area contributed by atoms with Gasteiger partial charge < -0.3 is 5.73 Å². The molecule has 0 spiro atoms. The highest BCUT2D eigenvalue weighted by Crippen LogP contribution is 2.32. The van der Waals surface area contributed by atoms with Gasteiger partial charge >= 0.3 is 0 Å². The Hall–Kier alpha value is -0.0800. The highest BCUT2D eigenvalue weighted by atomic mass is 15.2. The van der Waals surface area contributed by atoms with Crippen molar-refractivity contribution < 1.29 is 0 Å². The van der Waals surface area contributed by atoms with E-state index in [2.05, 4.69) is 18.7 Å². The Morgan fingerprint density at radius 2 is 1.78 bits per heavy atom. The number of nitrogens with zero attached hydrogens (tertiary/aromatic N) is 1. The maximum Gasteiger partial charge on any atom is 0.0224 e. The van der Waals surface area contributed by atoms with E-state index in [1.165, 1.54) is 57.9 Å². The Balaban J connectivity index is 1.90. The van der Waals surface area contributed by atoms with Crippen LogP contribution in [0, 0.1) is 11.8 Å². The molecular formula is C16H32N2. The normalized spacial score (nSPS) is 29.0. The van der Waals surface area contributed by atoms with Gasteiger partial charge in [-0.1, -0.05) is 46.0 Å². The zero-order valence-corrected chi connectivity index (χ0v) is 12.4. The summed E-state index contributed by atoms with van der Waals surface area (Å²) in [6.45, 7) is 6.89. The van der Waals surface area contributed by atoms with Crippen LogP contribution in [0.4, 0.5) is 0 Å². The molecule has 1 aliphatic heterocycles. The molecule has 18 heavy (non-hydrogen) atoms. The summed E-state index contributed by atoms with van der Waals surface area (Å²) in [5.41, 5.74) is 6.09. The van der Waals surface area contributed by atoms with Gasteiger partial charge in [0, 0.05) is 18.6 Å². The first-order valence-electron chi connectivity index (χ1n) is 8.18. The van der Waals surface area contributed by atoms with E-state index in [1.54, 1.807) is 0 Å². The van der Waals surface area contributed by atoms with Gasteiger partial charge in [0.05, 0.1) is 0 Å². The third-order valence-corrected chi connectivity index (χ3v) is 5.18. The largest absolute Gasteiger partial charge is 0.329 e. The predicted octanol–water partition coefficient (Wildman–Crippen LogP) is 3.40. The molecule has 0 radical (unpaired) electrons. The van der Waals surface area contributed by atoms with E-state index in [0.29, 0.717) is 6.04 Å². The molecule has 2 rings (SSSR count). The fraction of sp³-hybridized carbons (Fsp3) is 1.00. The summed E-state index contributed by atoms with van der Waals surface area (Å²) in [5.74, 6) is 1.74. The fourth-order valence-electron chi connectivity index (χ4n) is 4.16. The summed E-state index contributed by atoms with van der Waals surface area (Å²) in [4.78, 5) is 2.75. The number of nitrogens with two attached hydrogens (primary N) is 1. The molecule has 2 nitrogen and oxygen atoms in total. The van der Waals surface area contributed by atoms with Crippen LogP contribution < -0.4 is 5.73 Å². The second-order valence-corrected chi connectivity index (χ2v) is 6.82. The van der Waals surface area contributed by atoms with E-state index in [-0.39, 0.29) is 0 Å². The summed E-state index contributed by atoms with van der Waals surface area (Å²) in [7, 11) is 0. The van der Waals surface area contributed by atoms with Gasteiger partial charge in [-0.25, -0.2) is 0 Å². The zero-order chi connectivity index (χ0) is 13.0. The average molecular weight is 252 g/mol. The molecule has 0 amide bonds. The average Bonchev–Trinajstić information content (AvgIpc) is 2.86. The van der Waals surface area contributed by atoms with E-state index < -0.39 is 0 Å². The van der Waals surface area contributed by atoms with E-state index in [1.807, 2.05) is 0 Å². The van der Waals surface area contributed by atoms with Crippen LogP contribution in [0.3, 0.4) is 0 Å². The molecule has 0 aromatic carbocycles. The van der Waals surface area contributed by atoms with Gasteiger partial charge in [0.25, 0.3) is 0 Å². The van der Waals surface area contributed by atoms with Crippen LogP contribution in [0.5, 0.6) is 0 Å². The second-order valence-electron chi connectivity index (χ2n) is 6.82. The van der Waals surface area contributed by atoms with E-state index >= 15 is 0 Å². The van der Waals surface area contributed by atoms with Crippen LogP contribution in [0.25, 0.3) is 0 Å². The van der Waals surface area contributed by atoms with Gasteiger partial charge in [-0.15, -0.1) is 0 Å². The smallest absolute Gasteiger partial charge is 0.0224 e. The molecule has 2 aliphatic rings. The lowest BCUT2D eigenvalue weighted by Gasteiger charge is -2.37. The minimum absolute atomic E-state index is 0.656. The molecule has 0 aromatic rings. The lowest BCUT2D eigenvalue weighted by Crippen LogP contribution is -2.46. The quantitative estimate of drug-likeness (QED) is 0.812. The van der Waals surface area contributed by atoms with Crippen LogP contribution in [-0.2, 0) is 0 Å². The molecule has 2 atom stereocenters. The summed E-state index contributed by atoms with van der Waals surface area (Å²) in [6, 6.07) is 1.45. The van der Waals surface area contributed by atoms with Crippen molar-refractivity contribution in [1.82, 2.24) is 4.90 Å². The van der Waals surface area contributed by atoms with Crippen LogP contribution in [-0.4, -0.2) is 30.1 Å². The topological polar surface area (TPSA) is 29.3 Å². The molecule has 1 aliphatic carbocycles. The van der Waals surface area contributed by atoms with E-state index in [0.717, 1.165) is 24.4 Å². The summed E-state index contributed by atoms with van der Waals surface area (Å²) in [6.07, 6.45) is 11.4. The van der Waals surface area contributed by atoms with Gasteiger partial charge in [-0.3, -0.25) is 4.90 Å². The first kappa shape index (κ1) is 14.3. The monoisotopic (exact) mass is 252 g/mol. The van der Waals surface area contributed by atoms with Crippen LogP contribution in [0.15, 0.2) is 0 Å². The standard InChI is InChI=1S/C16H32N2/c1-13(2)16-9-6-10-18(16)15(12-17)11-14-7-4-3-5-8-14/h13-16H,3-12,17H2,1-2H3. The summed E-state index contributed by atoms with van der Waals surface area (Å²) < 4.78 is 0. The molecule has 1 saturated carbocycles. The van der Waals surface area contributed by atoms with Crippen LogP contribution in [0.2, 0.25) is 0 Å². The Morgan fingerprint density at radius 3 is 2.39 bits per heavy atom. The van der Waals surface area contributed by atoms with Gasteiger partial charge in [-0.2, -0.15) is 0 Å². The van der Waals surface area contributed by atoms with Crippen molar-refractivity contribution in [1.29, 1.82) is 0 Å². The Kier molecular flexibility index (Phi) is 5.50. The van der Waals surface area contributed by atoms with Crippen molar-refractivity contribution in [3.8, 4) is 0 Å².